The lowest BCUT2D eigenvalue weighted by molar-refractivity contribution is 0.373. The molecule has 1 aromatic rings. The fourth-order valence-corrected chi connectivity index (χ4v) is 5.49. The van der Waals surface area contributed by atoms with Crippen molar-refractivity contribution in [1.29, 1.82) is 0 Å². The number of benzene rings is 1. The Morgan fingerprint density at radius 3 is 2.47 bits per heavy atom. The van der Waals surface area contributed by atoms with Crippen LogP contribution in [0.5, 0.6) is 0 Å². The van der Waals surface area contributed by atoms with Gasteiger partial charge < -0.3 is 9.80 Å². The number of anilines is 1. The molecule has 2 aliphatic rings. The van der Waals surface area contributed by atoms with E-state index in [4.69, 9.17) is 12.2 Å². The van der Waals surface area contributed by atoms with Crippen LogP contribution in [0.4, 0.5) is 5.69 Å². The average molecular weight is 296 g/mol. The summed E-state index contributed by atoms with van der Waals surface area (Å²) in [5, 5.41) is 0.749. The zero-order valence-corrected chi connectivity index (χ0v) is 12.3. The molecule has 2 atom stereocenters. The number of hydrogen-bond donors (Lipinski definition) is 0. The molecular formula is C13H16N2O2S2. The number of nitrogens with zero attached hydrogens (tertiary/aromatic N) is 2. The molecule has 0 spiro atoms. The molecule has 0 bridgehead atoms. The minimum atomic E-state index is -2.96. The van der Waals surface area contributed by atoms with E-state index >= 15 is 0 Å². The highest BCUT2D eigenvalue weighted by Crippen LogP contribution is 2.34. The van der Waals surface area contributed by atoms with Crippen LogP contribution in [0, 0.1) is 0 Å². The Balaban J connectivity index is 2.03. The van der Waals surface area contributed by atoms with Crippen molar-refractivity contribution in [3.8, 4) is 0 Å². The molecule has 2 fully saturated rings. The van der Waals surface area contributed by atoms with Crippen LogP contribution in [-0.2, 0) is 9.84 Å². The third-order valence-corrected chi connectivity index (χ3v) is 5.98. The van der Waals surface area contributed by atoms with E-state index in [1.807, 2.05) is 47.1 Å². The molecule has 0 aromatic heterocycles. The summed E-state index contributed by atoms with van der Waals surface area (Å²) in [6.45, 7) is 2.77. The van der Waals surface area contributed by atoms with Gasteiger partial charge >= 0.3 is 0 Å². The van der Waals surface area contributed by atoms with Crippen molar-refractivity contribution in [3.05, 3.63) is 30.3 Å². The van der Waals surface area contributed by atoms with Gasteiger partial charge in [-0.1, -0.05) is 18.2 Å². The van der Waals surface area contributed by atoms with Crippen molar-refractivity contribution in [3.63, 3.8) is 0 Å². The zero-order valence-electron chi connectivity index (χ0n) is 10.7. The minimum absolute atomic E-state index is 0.00251. The number of likely N-dealkylation sites (N-methyl/N-ethyl adjacent to an activating group) is 1. The lowest BCUT2D eigenvalue weighted by Crippen LogP contribution is -2.37. The normalized spacial score (nSPS) is 28.8. The summed E-state index contributed by atoms with van der Waals surface area (Å²) in [5.74, 6) is 0.415. The Kier molecular flexibility index (Phi) is 3.02. The molecule has 2 saturated heterocycles. The molecule has 0 radical (unpaired) electrons. The maximum atomic E-state index is 11.9. The first kappa shape index (κ1) is 12.9. The quantitative estimate of drug-likeness (QED) is 0.769. The lowest BCUT2D eigenvalue weighted by atomic mass is 10.1. The van der Waals surface area contributed by atoms with E-state index in [0.29, 0.717) is 0 Å². The van der Waals surface area contributed by atoms with Crippen LogP contribution in [-0.4, -0.2) is 48.6 Å². The van der Waals surface area contributed by atoms with E-state index in [2.05, 4.69) is 0 Å². The Morgan fingerprint density at radius 1 is 1.21 bits per heavy atom. The van der Waals surface area contributed by atoms with Gasteiger partial charge in [0.2, 0.25) is 0 Å². The molecule has 0 amide bonds. The fraction of sp³-hybridized carbons (Fsp3) is 0.462. The number of hydrogen-bond acceptors (Lipinski definition) is 3. The first-order valence-corrected chi connectivity index (χ1v) is 8.62. The molecule has 6 heteroatoms. The smallest absolute Gasteiger partial charge is 0.176 e. The molecule has 2 heterocycles. The van der Waals surface area contributed by atoms with Gasteiger partial charge in [-0.05, 0) is 31.3 Å². The topological polar surface area (TPSA) is 40.6 Å². The van der Waals surface area contributed by atoms with Crippen LogP contribution in [0.15, 0.2) is 30.3 Å². The van der Waals surface area contributed by atoms with Gasteiger partial charge in [0.15, 0.2) is 14.9 Å². The standard InChI is InChI=1S/C13H16N2O2S2/c1-2-14-11-8-19(16,17)9-12(11)15(13(14)18)10-6-4-3-5-7-10/h3-7,11-12H,2,8-9H2,1H3/t11-,12-/m0/s1. The summed E-state index contributed by atoms with van der Waals surface area (Å²) in [7, 11) is -2.96. The zero-order chi connectivity index (χ0) is 13.6. The van der Waals surface area contributed by atoms with Gasteiger partial charge in [0.1, 0.15) is 0 Å². The van der Waals surface area contributed by atoms with E-state index in [1.54, 1.807) is 0 Å². The lowest BCUT2D eigenvalue weighted by Gasteiger charge is -2.24. The molecule has 0 saturated carbocycles. The van der Waals surface area contributed by atoms with Gasteiger partial charge in [0, 0.05) is 12.2 Å². The predicted molar refractivity (Wildman–Crippen MR) is 80.1 cm³/mol. The molecule has 4 nitrogen and oxygen atoms in total. The Morgan fingerprint density at radius 2 is 1.84 bits per heavy atom. The Hall–Kier alpha value is -1.14. The van der Waals surface area contributed by atoms with Gasteiger partial charge in [0.05, 0.1) is 23.6 Å². The first-order chi connectivity index (χ1) is 9.03. The van der Waals surface area contributed by atoms with Crippen LogP contribution in [0.1, 0.15) is 6.92 Å². The summed E-state index contributed by atoms with van der Waals surface area (Å²) in [4.78, 5) is 4.05. The van der Waals surface area contributed by atoms with Gasteiger partial charge in [-0.15, -0.1) is 0 Å². The van der Waals surface area contributed by atoms with Gasteiger partial charge in [0.25, 0.3) is 0 Å². The predicted octanol–water partition coefficient (Wildman–Crippen LogP) is 1.28. The third kappa shape index (κ3) is 2.03. The Labute approximate surface area is 118 Å². The summed E-state index contributed by atoms with van der Waals surface area (Å²) < 4.78 is 23.8. The summed E-state index contributed by atoms with van der Waals surface area (Å²) >= 11 is 5.53. The molecule has 3 rings (SSSR count). The van der Waals surface area contributed by atoms with Gasteiger partial charge in [-0.2, -0.15) is 0 Å². The first-order valence-electron chi connectivity index (χ1n) is 6.39. The monoisotopic (exact) mass is 296 g/mol. The Bertz CT molecular complexity index is 600. The summed E-state index contributed by atoms with van der Waals surface area (Å²) in [5.41, 5.74) is 0.982. The number of fused-ring (bicyclic) bond motifs is 1. The van der Waals surface area contributed by atoms with E-state index < -0.39 is 9.84 Å². The molecule has 2 aliphatic heterocycles. The second kappa shape index (κ2) is 4.45. The van der Waals surface area contributed by atoms with E-state index in [1.165, 1.54) is 0 Å². The SMILES string of the molecule is CCN1C(=S)N(c2ccccc2)[C@H]2CS(=O)(=O)C[C@@H]21. The third-order valence-electron chi connectivity index (χ3n) is 3.85. The van der Waals surface area contributed by atoms with Crippen LogP contribution in [0.2, 0.25) is 0 Å². The fourth-order valence-electron chi connectivity index (χ4n) is 3.04. The van der Waals surface area contributed by atoms with Crippen LogP contribution >= 0.6 is 12.2 Å². The van der Waals surface area contributed by atoms with E-state index in [9.17, 15) is 8.42 Å². The molecular weight excluding hydrogens is 280 g/mol. The number of rotatable bonds is 2. The molecule has 0 N–H and O–H groups in total. The average Bonchev–Trinajstić information content (AvgIpc) is 2.79. The highest BCUT2D eigenvalue weighted by Gasteiger charge is 2.51. The maximum absolute atomic E-state index is 11.9. The molecule has 102 valence electrons. The molecule has 19 heavy (non-hydrogen) atoms. The van der Waals surface area contributed by atoms with Crippen LogP contribution in [0.25, 0.3) is 0 Å². The largest absolute Gasteiger partial charge is 0.343 e. The van der Waals surface area contributed by atoms with Crippen LogP contribution in [0.3, 0.4) is 0 Å². The van der Waals surface area contributed by atoms with Crippen molar-refractivity contribution in [2.24, 2.45) is 0 Å². The van der Waals surface area contributed by atoms with Crippen molar-refractivity contribution < 1.29 is 8.42 Å². The minimum Gasteiger partial charge on any atom is -0.343 e. The van der Waals surface area contributed by atoms with Gasteiger partial charge in [-0.3, -0.25) is 0 Å². The van der Waals surface area contributed by atoms with Crippen molar-refractivity contribution in [1.82, 2.24) is 4.90 Å². The van der Waals surface area contributed by atoms with E-state index in [0.717, 1.165) is 17.3 Å². The molecule has 1 aromatic carbocycles. The van der Waals surface area contributed by atoms with E-state index in [-0.39, 0.29) is 23.6 Å². The van der Waals surface area contributed by atoms with Crippen LogP contribution < -0.4 is 4.90 Å². The number of para-hydroxylation sites is 1. The second-order valence-corrected chi connectivity index (χ2v) is 7.50. The highest BCUT2D eigenvalue weighted by molar-refractivity contribution is 7.91. The molecule has 0 aliphatic carbocycles. The van der Waals surface area contributed by atoms with Crippen molar-refractivity contribution in [2.75, 3.05) is 23.0 Å². The summed E-state index contributed by atoms with van der Waals surface area (Å²) in [6, 6.07) is 9.77. The molecule has 0 unspecified atom stereocenters. The maximum Gasteiger partial charge on any atom is 0.176 e. The van der Waals surface area contributed by atoms with Crippen molar-refractivity contribution >= 4 is 32.9 Å². The number of sulfone groups is 1. The second-order valence-electron chi connectivity index (χ2n) is 4.99. The van der Waals surface area contributed by atoms with Gasteiger partial charge in [-0.25, -0.2) is 8.42 Å². The van der Waals surface area contributed by atoms with Crippen molar-refractivity contribution in [2.45, 2.75) is 19.0 Å². The highest BCUT2D eigenvalue weighted by atomic mass is 32.2. The number of thiocarbonyl (C=S) groups is 1. The summed E-state index contributed by atoms with van der Waals surface area (Å²) in [6.07, 6.45) is 0.